The first-order valence-electron chi connectivity index (χ1n) is 11.0. The van der Waals surface area contributed by atoms with E-state index in [4.69, 9.17) is 17.3 Å². The van der Waals surface area contributed by atoms with Gasteiger partial charge in [0.2, 0.25) is 5.91 Å². The Morgan fingerprint density at radius 1 is 1.10 bits per heavy atom. The number of amides is 1. The maximum atomic E-state index is 12.8. The minimum absolute atomic E-state index is 0.106. The van der Waals surface area contributed by atoms with Crippen molar-refractivity contribution in [3.63, 3.8) is 0 Å². The highest BCUT2D eigenvalue weighted by atomic mass is 35.5. The van der Waals surface area contributed by atoms with Gasteiger partial charge in [0, 0.05) is 46.2 Å². The summed E-state index contributed by atoms with van der Waals surface area (Å²) in [4.78, 5) is 30.1. The van der Waals surface area contributed by atoms with Gasteiger partial charge in [0.15, 0.2) is 0 Å². The van der Waals surface area contributed by atoms with Crippen LogP contribution in [0.5, 0.6) is 0 Å². The molecule has 2 atom stereocenters. The van der Waals surface area contributed by atoms with Gasteiger partial charge in [0.1, 0.15) is 5.78 Å². The second-order valence-electron chi connectivity index (χ2n) is 9.06. The van der Waals surface area contributed by atoms with Crippen molar-refractivity contribution in [3.8, 4) is 0 Å². The van der Waals surface area contributed by atoms with E-state index in [0.717, 1.165) is 41.3 Å². The van der Waals surface area contributed by atoms with Gasteiger partial charge in [0.05, 0.1) is 5.56 Å². The minimum atomic E-state index is -0.379. The van der Waals surface area contributed by atoms with Crippen LogP contribution in [0.1, 0.15) is 69.4 Å². The summed E-state index contributed by atoms with van der Waals surface area (Å²) in [6.45, 7) is 1.15. The van der Waals surface area contributed by atoms with E-state index in [0.29, 0.717) is 29.1 Å². The van der Waals surface area contributed by atoms with Gasteiger partial charge in [-0.1, -0.05) is 30.2 Å². The highest BCUT2D eigenvalue weighted by Gasteiger charge is 2.44. The first kappa shape index (κ1) is 20.2. The molecule has 2 N–H and O–H groups in total. The molecule has 1 saturated heterocycles. The summed E-state index contributed by atoms with van der Waals surface area (Å²) in [5, 5.41) is 0.662. The molecule has 5 rings (SSSR count). The monoisotopic (exact) mass is 442 g/mol. The summed E-state index contributed by atoms with van der Waals surface area (Å²) in [5.41, 5.74) is 8.60. The Bertz CT molecular complexity index is 980. The Balaban J connectivity index is 1.39. The third-order valence-corrected chi connectivity index (χ3v) is 8.58. The molecule has 0 spiro atoms. The van der Waals surface area contributed by atoms with E-state index in [9.17, 15) is 9.59 Å². The van der Waals surface area contributed by atoms with E-state index in [-0.39, 0.29) is 18.1 Å². The van der Waals surface area contributed by atoms with Crippen LogP contribution in [0, 0.1) is 5.92 Å². The summed E-state index contributed by atoms with van der Waals surface area (Å²) in [6, 6.07) is 8.25. The zero-order valence-electron chi connectivity index (χ0n) is 17.0. The average Bonchev–Trinajstić information content (AvgIpc) is 3.16. The maximum Gasteiger partial charge on any atom is 0.250 e. The maximum absolute atomic E-state index is 12.8. The van der Waals surface area contributed by atoms with Gasteiger partial charge in [0.25, 0.3) is 0 Å². The van der Waals surface area contributed by atoms with Crippen molar-refractivity contribution in [2.75, 3.05) is 6.54 Å². The highest BCUT2D eigenvalue weighted by molar-refractivity contribution is 7.12. The van der Waals surface area contributed by atoms with Crippen LogP contribution in [-0.2, 0) is 24.1 Å². The quantitative estimate of drug-likeness (QED) is 0.674. The van der Waals surface area contributed by atoms with Crippen LogP contribution < -0.4 is 5.73 Å². The molecule has 158 valence electrons. The molecular formula is C24H27ClN2O2S. The predicted molar refractivity (Wildman–Crippen MR) is 120 cm³/mol. The fourth-order valence-electron chi connectivity index (χ4n) is 5.44. The standard InChI is InChI=1S/C24H27ClN2O2S/c25-16-6-4-14(5-7-16)10-18(28)12-21-23(24(26)29)22-19-9-8-17(11-20(22)30-21)27(19)13-15-2-1-3-15/h4-7,15,17,19H,1-3,8-13H2,(H2,26,29)/t17-,19?/m1/s1. The molecule has 1 aromatic carbocycles. The topological polar surface area (TPSA) is 63.4 Å². The predicted octanol–water partition coefficient (Wildman–Crippen LogP) is 4.72. The molecule has 3 aliphatic rings. The van der Waals surface area contributed by atoms with E-state index < -0.39 is 0 Å². The largest absolute Gasteiger partial charge is 0.366 e. The summed E-state index contributed by atoms with van der Waals surface area (Å²) in [5.74, 6) is 0.538. The third-order valence-electron chi connectivity index (χ3n) is 7.10. The molecule has 4 nitrogen and oxygen atoms in total. The van der Waals surface area contributed by atoms with E-state index in [1.165, 1.54) is 30.6 Å². The normalized spacial score (nSPS) is 23.2. The SMILES string of the molecule is NC(=O)c1c(CC(=O)Cc2ccc(Cl)cc2)sc2c1C1CC[C@H](C2)N1CC1CCC1. The Morgan fingerprint density at radius 3 is 2.53 bits per heavy atom. The van der Waals surface area contributed by atoms with Crippen molar-refractivity contribution in [3.05, 3.63) is 55.7 Å². The summed E-state index contributed by atoms with van der Waals surface area (Å²) < 4.78 is 0. The number of benzene rings is 1. The third kappa shape index (κ3) is 3.72. The van der Waals surface area contributed by atoms with Gasteiger partial charge in [-0.3, -0.25) is 14.5 Å². The smallest absolute Gasteiger partial charge is 0.250 e. The zero-order valence-corrected chi connectivity index (χ0v) is 18.6. The van der Waals surface area contributed by atoms with Crippen LogP contribution in [0.15, 0.2) is 24.3 Å². The lowest BCUT2D eigenvalue weighted by atomic mass is 9.83. The van der Waals surface area contributed by atoms with Gasteiger partial charge in [-0.15, -0.1) is 11.3 Å². The van der Waals surface area contributed by atoms with Crippen molar-refractivity contribution in [2.24, 2.45) is 11.7 Å². The number of nitrogens with two attached hydrogens (primary N) is 1. The molecule has 0 radical (unpaired) electrons. The van der Waals surface area contributed by atoms with Gasteiger partial charge < -0.3 is 5.73 Å². The average molecular weight is 443 g/mol. The lowest BCUT2D eigenvalue weighted by molar-refractivity contribution is -0.117. The van der Waals surface area contributed by atoms with Crippen molar-refractivity contribution in [1.29, 1.82) is 0 Å². The van der Waals surface area contributed by atoms with Crippen LogP contribution in [0.4, 0.5) is 0 Å². The number of carbonyl (C=O) groups is 2. The van der Waals surface area contributed by atoms with Crippen LogP contribution in [0.3, 0.4) is 0 Å². The number of hydrogen-bond acceptors (Lipinski definition) is 4. The Kier molecular flexibility index (Phi) is 5.46. The number of fused-ring (bicyclic) bond motifs is 4. The first-order chi connectivity index (χ1) is 14.5. The molecule has 1 unspecified atom stereocenters. The number of thiophene rings is 1. The zero-order chi connectivity index (χ0) is 20.8. The molecule has 1 aromatic heterocycles. The van der Waals surface area contributed by atoms with E-state index in [1.54, 1.807) is 23.5 Å². The molecule has 2 aliphatic heterocycles. The number of halogens is 1. The van der Waals surface area contributed by atoms with E-state index in [1.807, 2.05) is 12.1 Å². The molecule has 1 saturated carbocycles. The number of ketones is 1. The summed E-state index contributed by atoms with van der Waals surface area (Å²) in [6.07, 6.45) is 7.93. The number of hydrogen-bond donors (Lipinski definition) is 1. The molecule has 6 heteroatoms. The van der Waals surface area contributed by atoms with Crippen LogP contribution in [0.25, 0.3) is 0 Å². The van der Waals surface area contributed by atoms with Crippen molar-refractivity contribution >= 4 is 34.6 Å². The van der Waals surface area contributed by atoms with Crippen molar-refractivity contribution in [1.82, 2.24) is 4.90 Å². The Morgan fingerprint density at radius 2 is 1.87 bits per heavy atom. The highest BCUT2D eigenvalue weighted by Crippen LogP contribution is 2.50. The van der Waals surface area contributed by atoms with Crippen LogP contribution >= 0.6 is 22.9 Å². The summed E-state index contributed by atoms with van der Waals surface area (Å²) >= 11 is 7.59. The Labute approximate surface area is 186 Å². The van der Waals surface area contributed by atoms with Gasteiger partial charge in [-0.2, -0.15) is 0 Å². The molecular weight excluding hydrogens is 416 g/mol. The van der Waals surface area contributed by atoms with E-state index in [2.05, 4.69) is 4.90 Å². The van der Waals surface area contributed by atoms with Gasteiger partial charge in [-0.25, -0.2) is 0 Å². The Hall–Kier alpha value is -1.69. The molecule has 2 fully saturated rings. The fourth-order valence-corrected chi connectivity index (χ4v) is 7.04. The van der Waals surface area contributed by atoms with Crippen molar-refractivity contribution < 1.29 is 9.59 Å². The first-order valence-corrected chi connectivity index (χ1v) is 12.1. The second kappa shape index (κ2) is 8.10. The van der Waals surface area contributed by atoms with E-state index >= 15 is 0 Å². The fraction of sp³-hybridized carbons (Fsp3) is 0.500. The molecule has 2 aromatic rings. The van der Waals surface area contributed by atoms with Crippen LogP contribution in [-0.4, -0.2) is 29.2 Å². The molecule has 1 amide bonds. The number of primary amides is 1. The number of carbonyl (C=O) groups excluding carboxylic acids is 2. The van der Waals surface area contributed by atoms with Gasteiger partial charge in [-0.05, 0) is 61.3 Å². The van der Waals surface area contributed by atoms with Crippen LogP contribution in [0.2, 0.25) is 5.02 Å². The lowest BCUT2D eigenvalue weighted by Crippen LogP contribution is -2.41. The summed E-state index contributed by atoms with van der Waals surface area (Å²) in [7, 11) is 0. The molecule has 3 heterocycles. The number of rotatable bonds is 7. The van der Waals surface area contributed by atoms with Gasteiger partial charge >= 0.3 is 0 Å². The minimum Gasteiger partial charge on any atom is -0.366 e. The molecule has 1 aliphatic carbocycles. The molecule has 2 bridgehead atoms. The molecule has 30 heavy (non-hydrogen) atoms. The number of Topliss-reactive ketones (excluding diaryl/α,β-unsaturated/α-hetero) is 1. The second-order valence-corrected chi connectivity index (χ2v) is 10.7. The number of nitrogens with zero attached hydrogens (tertiary/aromatic N) is 1. The lowest BCUT2D eigenvalue weighted by Gasteiger charge is -2.40. The van der Waals surface area contributed by atoms with Crippen molar-refractivity contribution in [2.45, 2.75) is 63.5 Å².